The lowest BCUT2D eigenvalue weighted by molar-refractivity contribution is -0.141. The number of benzene rings is 2. The van der Waals surface area contributed by atoms with Crippen LogP contribution in [0.3, 0.4) is 0 Å². The average Bonchev–Trinajstić information content (AvgIpc) is 3.38. The minimum atomic E-state index is -3.54. The van der Waals surface area contributed by atoms with Crippen LogP contribution in [-0.4, -0.2) is 57.1 Å². The maximum atomic E-state index is 13.7. The highest BCUT2D eigenvalue weighted by Crippen LogP contribution is 2.24. The van der Waals surface area contributed by atoms with E-state index in [0.29, 0.717) is 24.3 Å². The Balaban J connectivity index is 1.79. The van der Waals surface area contributed by atoms with Crippen LogP contribution < -0.4 is 14.4 Å². The van der Waals surface area contributed by atoms with Crippen molar-refractivity contribution in [3.8, 4) is 5.75 Å². The van der Waals surface area contributed by atoms with E-state index in [1.807, 2.05) is 63.2 Å². The van der Waals surface area contributed by atoms with Gasteiger partial charge in [0.15, 0.2) is 0 Å². The van der Waals surface area contributed by atoms with Crippen molar-refractivity contribution in [2.24, 2.45) is 0 Å². The van der Waals surface area contributed by atoms with Crippen molar-refractivity contribution in [1.82, 2.24) is 10.2 Å². The second kappa shape index (κ2) is 13.8. The van der Waals surface area contributed by atoms with E-state index in [9.17, 15) is 18.0 Å². The van der Waals surface area contributed by atoms with Crippen LogP contribution in [0.4, 0.5) is 5.69 Å². The molecule has 1 N–H and O–H groups in total. The van der Waals surface area contributed by atoms with Crippen molar-refractivity contribution in [2.75, 3.05) is 24.2 Å². The van der Waals surface area contributed by atoms with E-state index in [1.165, 1.54) is 10.6 Å². The van der Waals surface area contributed by atoms with Gasteiger partial charge < -0.3 is 15.0 Å². The summed E-state index contributed by atoms with van der Waals surface area (Å²) in [5, 5.41) is 3.15. The zero-order chi connectivity index (χ0) is 28.6. The van der Waals surface area contributed by atoms with Gasteiger partial charge in [-0.3, -0.25) is 13.9 Å². The molecular formula is C30H43N3O5S. The van der Waals surface area contributed by atoms with Gasteiger partial charge in [-0.1, -0.05) is 38.0 Å². The largest absolute Gasteiger partial charge is 0.497 e. The molecule has 0 aromatic heterocycles. The van der Waals surface area contributed by atoms with Gasteiger partial charge in [0, 0.05) is 25.6 Å². The molecule has 8 nitrogen and oxygen atoms in total. The highest BCUT2D eigenvalue weighted by Gasteiger charge is 2.31. The third-order valence-corrected chi connectivity index (χ3v) is 8.42. The Morgan fingerprint density at radius 1 is 1.08 bits per heavy atom. The third kappa shape index (κ3) is 8.71. The molecule has 214 valence electrons. The van der Waals surface area contributed by atoms with Crippen LogP contribution in [0.5, 0.6) is 5.75 Å². The second-order valence-electron chi connectivity index (χ2n) is 10.6. The molecule has 2 amide bonds. The van der Waals surface area contributed by atoms with Crippen LogP contribution in [-0.2, 0) is 26.2 Å². The van der Waals surface area contributed by atoms with E-state index in [-0.39, 0.29) is 37.4 Å². The predicted octanol–water partition coefficient (Wildman–Crippen LogP) is 4.72. The number of methoxy groups -OCH3 is 1. The lowest BCUT2D eigenvalue weighted by Crippen LogP contribution is -2.51. The topological polar surface area (TPSA) is 96.0 Å². The summed E-state index contributed by atoms with van der Waals surface area (Å²) in [6.45, 7) is 6.21. The molecule has 0 spiro atoms. The Morgan fingerprint density at radius 2 is 1.74 bits per heavy atom. The molecule has 0 radical (unpaired) electrons. The highest BCUT2D eigenvalue weighted by atomic mass is 32.2. The minimum absolute atomic E-state index is 0.119. The van der Waals surface area contributed by atoms with E-state index in [4.69, 9.17) is 4.74 Å². The molecule has 1 aliphatic rings. The van der Waals surface area contributed by atoms with E-state index < -0.39 is 16.1 Å². The molecule has 9 heteroatoms. The minimum Gasteiger partial charge on any atom is -0.497 e. The Hall–Kier alpha value is -3.07. The first-order valence-corrected chi connectivity index (χ1v) is 15.7. The van der Waals surface area contributed by atoms with E-state index in [0.717, 1.165) is 42.4 Å². The van der Waals surface area contributed by atoms with Crippen LogP contribution in [0.15, 0.2) is 42.5 Å². The number of ether oxygens (including phenoxy) is 1. The average molecular weight is 558 g/mol. The molecular weight excluding hydrogens is 514 g/mol. The normalized spacial score (nSPS) is 14.6. The predicted molar refractivity (Wildman–Crippen MR) is 155 cm³/mol. The summed E-state index contributed by atoms with van der Waals surface area (Å²) in [5.74, 6) is 0.370. The molecule has 0 aliphatic heterocycles. The number of nitrogens with zero attached hydrogens (tertiary/aromatic N) is 2. The molecule has 1 aliphatic carbocycles. The summed E-state index contributed by atoms with van der Waals surface area (Å²) in [7, 11) is -1.95. The number of anilines is 1. The first-order valence-electron chi connectivity index (χ1n) is 13.8. The summed E-state index contributed by atoms with van der Waals surface area (Å²) in [6, 6.07) is 12.7. The monoisotopic (exact) mass is 557 g/mol. The van der Waals surface area contributed by atoms with Crippen molar-refractivity contribution >= 4 is 27.5 Å². The van der Waals surface area contributed by atoms with E-state index in [1.54, 1.807) is 12.0 Å². The zero-order valence-electron chi connectivity index (χ0n) is 23.9. The molecule has 2 aromatic carbocycles. The van der Waals surface area contributed by atoms with Gasteiger partial charge in [-0.15, -0.1) is 0 Å². The molecule has 0 heterocycles. The summed E-state index contributed by atoms with van der Waals surface area (Å²) in [4.78, 5) is 28.6. The van der Waals surface area contributed by atoms with Gasteiger partial charge in [-0.25, -0.2) is 8.42 Å². The number of hydrogen-bond donors (Lipinski definition) is 1. The standard InChI is InChI=1S/C30H43N3O5S/c1-6-28(30(35)31-25-12-7-8-13-25)32(21-24-11-9-14-27(20-24)38-4)29(34)15-10-16-33(39(5,36)37)26-18-22(2)17-23(3)19-26/h9,11,14,17-20,25,28H,6-8,10,12-13,15-16,21H2,1-5H3,(H,31,35)/t28-/m0/s1. The van der Waals surface area contributed by atoms with Crippen LogP contribution in [0.1, 0.15) is 68.6 Å². The summed E-state index contributed by atoms with van der Waals surface area (Å²) < 4.78 is 32.0. The first-order chi connectivity index (χ1) is 18.5. The second-order valence-corrected chi connectivity index (χ2v) is 12.5. The number of nitrogens with one attached hydrogen (secondary N) is 1. The van der Waals surface area contributed by atoms with Gasteiger partial charge in [0.25, 0.3) is 0 Å². The van der Waals surface area contributed by atoms with E-state index in [2.05, 4.69) is 5.32 Å². The lowest BCUT2D eigenvalue weighted by atomic mass is 10.1. The molecule has 2 aromatic rings. The molecule has 0 bridgehead atoms. The lowest BCUT2D eigenvalue weighted by Gasteiger charge is -2.32. The van der Waals surface area contributed by atoms with Gasteiger partial charge in [0.1, 0.15) is 11.8 Å². The molecule has 0 unspecified atom stereocenters. The number of carbonyl (C=O) groups is 2. The fraction of sp³-hybridized carbons (Fsp3) is 0.533. The van der Waals surface area contributed by atoms with Gasteiger partial charge in [-0.05, 0) is 80.5 Å². The summed E-state index contributed by atoms with van der Waals surface area (Å²) in [6.07, 6.45) is 6.24. The van der Waals surface area contributed by atoms with Crippen molar-refractivity contribution in [3.05, 3.63) is 59.2 Å². The van der Waals surface area contributed by atoms with Gasteiger partial charge in [-0.2, -0.15) is 0 Å². The van der Waals surface area contributed by atoms with Crippen LogP contribution in [0, 0.1) is 13.8 Å². The maximum absolute atomic E-state index is 13.7. The smallest absolute Gasteiger partial charge is 0.243 e. The molecule has 1 atom stereocenters. The molecule has 3 rings (SSSR count). The van der Waals surface area contributed by atoms with Crippen LogP contribution >= 0.6 is 0 Å². The van der Waals surface area contributed by atoms with Crippen LogP contribution in [0.25, 0.3) is 0 Å². The third-order valence-electron chi connectivity index (χ3n) is 7.22. The number of carbonyl (C=O) groups excluding carboxylic acids is 2. The Labute approximate surface area is 233 Å². The maximum Gasteiger partial charge on any atom is 0.243 e. The summed E-state index contributed by atoms with van der Waals surface area (Å²) >= 11 is 0. The Kier molecular flexibility index (Phi) is 10.8. The van der Waals surface area contributed by atoms with Crippen molar-refractivity contribution in [3.63, 3.8) is 0 Å². The van der Waals surface area contributed by atoms with Crippen molar-refractivity contribution < 1.29 is 22.7 Å². The highest BCUT2D eigenvalue weighted by molar-refractivity contribution is 7.92. The number of sulfonamides is 1. The van der Waals surface area contributed by atoms with Gasteiger partial charge >= 0.3 is 0 Å². The number of rotatable bonds is 13. The molecule has 1 saturated carbocycles. The zero-order valence-corrected chi connectivity index (χ0v) is 24.7. The first kappa shape index (κ1) is 30.5. The van der Waals surface area contributed by atoms with Gasteiger partial charge in [0.2, 0.25) is 21.8 Å². The summed E-state index contributed by atoms with van der Waals surface area (Å²) in [5.41, 5.74) is 3.40. The molecule has 39 heavy (non-hydrogen) atoms. The van der Waals surface area contributed by atoms with Crippen molar-refractivity contribution in [1.29, 1.82) is 0 Å². The van der Waals surface area contributed by atoms with Crippen LogP contribution in [0.2, 0.25) is 0 Å². The Bertz CT molecular complexity index is 1220. The SMILES string of the molecule is CC[C@@H](C(=O)NC1CCCC1)N(Cc1cccc(OC)c1)C(=O)CCCN(c1cc(C)cc(C)c1)S(C)(=O)=O. The fourth-order valence-corrected chi connectivity index (χ4v) is 6.30. The quantitative estimate of drug-likeness (QED) is 0.384. The number of amides is 2. The van der Waals surface area contributed by atoms with E-state index >= 15 is 0 Å². The number of aryl methyl sites for hydroxylation is 2. The van der Waals surface area contributed by atoms with Gasteiger partial charge in [0.05, 0.1) is 19.1 Å². The molecule has 0 saturated heterocycles. The Morgan fingerprint density at radius 3 is 2.33 bits per heavy atom. The molecule has 1 fully saturated rings. The van der Waals surface area contributed by atoms with Crippen molar-refractivity contribution in [2.45, 2.75) is 84.3 Å². The number of hydrogen-bond acceptors (Lipinski definition) is 5. The fourth-order valence-electron chi connectivity index (χ4n) is 5.35.